The van der Waals surface area contributed by atoms with E-state index in [1.54, 1.807) is 0 Å². The molecule has 4 aliphatic rings. The Labute approximate surface area is 208 Å². The van der Waals surface area contributed by atoms with E-state index in [-0.39, 0.29) is 18.4 Å². The predicted molar refractivity (Wildman–Crippen MR) is 121 cm³/mol. The van der Waals surface area contributed by atoms with Gasteiger partial charge in [0.05, 0.1) is 34.9 Å². The van der Waals surface area contributed by atoms with Crippen molar-refractivity contribution in [1.29, 1.82) is 0 Å². The molecule has 1 heterocycles. The zero-order valence-corrected chi connectivity index (χ0v) is 21.6. The number of esters is 2. The summed E-state index contributed by atoms with van der Waals surface area (Å²) in [4.78, 5) is 80.5. The third-order valence-corrected chi connectivity index (χ3v) is 10.4. The molecular weight excluding hydrogens is 472 g/mol. The van der Waals surface area contributed by atoms with Crippen LogP contribution in [0.25, 0.3) is 0 Å². The van der Waals surface area contributed by atoms with Crippen molar-refractivity contribution in [3.05, 3.63) is 12.2 Å². The molecule has 4 fully saturated rings. The summed E-state index contributed by atoms with van der Waals surface area (Å²) in [6.07, 6.45) is -0.699. The van der Waals surface area contributed by atoms with E-state index in [0.717, 1.165) is 14.0 Å². The molecule has 0 amide bonds. The van der Waals surface area contributed by atoms with Crippen LogP contribution in [0.15, 0.2) is 12.2 Å². The summed E-state index contributed by atoms with van der Waals surface area (Å²) < 4.78 is 10.0. The number of ether oxygens (including phenoxy) is 2. The van der Waals surface area contributed by atoms with E-state index in [9.17, 15) is 39.0 Å². The van der Waals surface area contributed by atoms with E-state index in [0.29, 0.717) is 0 Å². The molecule has 2 N–H and O–H groups in total. The molecule has 0 unspecified atom stereocenters. The Hall–Kier alpha value is -2.72. The van der Waals surface area contributed by atoms with Gasteiger partial charge in [0.2, 0.25) is 11.6 Å². The lowest BCUT2D eigenvalue weighted by molar-refractivity contribution is -0.295. The fraction of sp³-hybridized carbons (Fsp3) is 0.692. The van der Waals surface area contributed by atoms with Crippen molar-refractivity contribution in [2.75, 3.05) is 7.11 Å². The maximum atomic E-state index is 14.0. The molecule has 0 aromatic carbocycles. The summed E-state index contributed by atoms with van der Waals surface area (Å²) in [5.74, 6) is -7.97. The topological polar surface area (TPSA) is 161 Å². The van der Waals surface area contributed by atoms with Crippen LogP contribution < -0.4 is 0 Å². The Morgan fingerprint density at radius 1 is 1.00 bits per heavy atom. The van der Waals surface area contributed by atoms with Crippen LogP contribution >= 0.6 is 0 Å². The van der Waals surface area contributed by atoms with Crippen LogP contribution in [0.2, 0.25) is 0 Å². The van der Waals surface area contributed by atoms with Crippen LogP contribution in [0, 0.1) is 27.6 Å². The third kappa shape index (κ3) is 2.23. The normalized spacial score (nSPS) is 48.0. The van der Waals surface area contributed by atoms with E-state index in [2.05, 4.69) is 6.58 Å². The molecule has 1 aliphatic heterocycles. The van der Waals surface area contributed by atoms with Crippen LogP contribution in [-0.4, -0.2) is 69.2 Å². The number of carbonyl (C=O) groups excluding carboxylic acids is 6. The van der Waals surface area contributed by atoms with Gasteiger partial charge in [-0.2, -0.15) is 0 Å². The molecule has 3 aliphatic carbocycles. The first kappa shape index (κ1) is 26.3. The molecule has 36 heavy (non-hydrogen) atoms. The average molecular weight is 505 g/mol. The van der Waals surface area contributed by atoms with Crippen molar-refractivity contribution in [3.63, 3.8) is 0 Å². The number of Topliss-reactive ketones (excluding diaryl/α,β-unsaturated/α-hetero) is 4. The standard InChI is InChI=1S/C26H32O10/c1-12-11-25(33)21(4)10-9-13(27)20(2,3)26(21,34)16(29)15(28)23(25,6)14-17(30)36-24(7,19(32)35-8)18(31)22(12,14)5/h14,33-34H,1,9-11H2,2-8H3/t14-,21-,22+,23-,24-,25+,26-/m0/s1. The monoisotopic (exact) mass is 504 g/mol. The molecule has 10 heteroatoms. The van der Waals surface area contributed by atoms with Crippen molar-refractivity contribution in [2.45, 2.75) is 77.6 Å². The lowest BCUT2D eigenvalue weighted by atomic mass is 9.31. The Balaban J connectivity index is 2.04. The van der Waals surface area contributed by atoms with E-state index < -0.39 is 85.9 Å². The van der Waals surface area contributed by atoms with E-state index in [1.807, 2.05) is 0 Å². The first-order chi connectivity index (χ1) is 16.2. The molecule has 0 aromatic heterocycles. The summed E-state index contributed by atoms with van der Waals surface area (Å²) >= 11 is 0. The Morgan fingerprint density at radius 3 is 2.08 bits per heavy atom. The van der Waals surface area contributed by atoms with Crippen molar-refractivity contribution in [2.24, 2.45) is 27.6 Å². The van der Waals surface area contributed by atoms with Gasteiger partial charge >= 0.3 is 11.9 Å². The average Bonchev–Trinajstić information content (AvgIpc) is 2.80. The molecule has 0 bridgehead atoms. The number of ketones is 4. The van der Waals surface area contributed by atoms with Crippen LogP contribution in [0.5, 0.6) is 0 Å². The van der Waals surface area contributed by atoms with Crippen molar-refractivity contribution >= 4 is 35.1 Å². The van der Waals surface area contributed by atoms with Crippen molar-refractivity contribution in [1.82, 2.24) is 0 Å². The molecule has 7 atom stereocenters. The van der Waals surface area contributed by atoms with Gasteiger partial charge < -0.3 is 19.7 Å². The Morgan fingerprint density at radius 2 is 1.56 bits per heavy atom. The second-order valence-electron chi connectivity index (χ2n) is 12.0. The van der Waals surface area contributed by atoms with Gasteiger partial charge in [-0.05, 0) is 47.5 Å². The minimum atomic E-state index is -2.59. The lowest BCUT2D eigenvalue weighted by Crippen LogP contribution is -2.86. The zero-order valence-electron chi connectivity index (χ0n) is 21.6. The molecule has 1 saturated heterocycles. The highest BCUT2D eigenvalue weighted by molar-refractivity contribution is 6.45. The van der Waals surface area contributed by atoms with Gasteiger partial charge in [-0.15, -0.1) is 0 Å². The molecule has 0 spiro atoms. The van der Waals surface area contributed by atoms with Crippen LogP contribution in [0.4, 0.5) is 0 Å². The highest BCUT2D eigenvalue weighted by atomic mass is 16.6. The number of rotatable bonds is 1. The van der Waals surface area contributed by atoms with E-state index in [4.69, 9.17) is 9.47 Å². The number of fused-ring (bicyclic) bond motifs is 5. The summed E-state index contributed by atoms with van der Waals surface area (Å²) in [5, 5.41) is 24.4. The maximum Gasteiger partial charge on any atom is 0.358 e. The maximum absolute atomic E-state index is 14.0. The quantitative estimate of drug-likeness (QED) is 0.224. The molecule has 0 radical (unpaired) electrons. The smallest absolute Gasteiger partial charge is 0.358 e. The van der Waals surface area contributed by atoms with Gasteiger partial charge in [0.15, 0.2) is 11.4 Å². The summed E-state index contributed by atoms with van der Waals surface area (Å²) in [6, 6.07) is 0. The molecule has 10 nitrogen and oxygen atoms in total. The molecule has 4 rings (SSSR count). The summed E-state index contributed by atoms with van der Waals surface area (Å²) in [5.41, 5.74) is -14.8. The van der Waals surface area contributed by atoms with Crippen molar-refractivity contribution in [3.8, 4) is 0 Å². The summed E-state index contributed by atoms with van der Waals surface area (Å²) in [7, 11) is 1.02. The first-order valence-corrected chi connectivity index (χ1v) is 11.8. The molecular formula is C26H32O10. The Kier molecular flexibility index (Phi) is 4.96. The number of hydrogen-bond donors (Lipinski definition) is 2. The number of hydrogen-bond acceptors (Lipinski definition) is 10. The lowest BCUT2D eigenvalue weighted by Gasteiger charge is -2.72. The van der Waals surface area contributed by atoms with Crippen LogP contribution in [-0.2, 0) is 38.2 Å². The van der Waals surface area contributed by atoms with E-state index in [1.165, 1.54) is 34.6 Å². The number of cyclic esters (lactones) is 1. The fourth-order valence-electron chi connectivity index (χ4n) is 7.87. The first-order valence-electron chi connectivity index (χ1n) is 11.8. The highest BCUT2D eigenvalue weighted by Crippen LogP contribution is 2.73. The van der Waals surface area contributed by atoms with Gasteiger partial charge in [0.1, 0.15) is 5.78 Å². The van der Waals surface area contributed by atoms with Gasteiger partial charge in [0.25, 0.3) is 5.60 Å². The van der Waals surface area contributed by atoms with E-state index >= 15 is 0 Å². The van der Waals surface area contributed by atoms with Crippen LogP contribution in [0.3, 0.4) is 0 Å². The third-order valence-electron chi connectivity index (χ3n) is 10.4. The molecule has 0 aromatic rings. The predicted octanol–water partition coefficient (Wildman–Crippen LogP) is 0.642. The Bertz CT molecular complexity index is 1200. The van der Waals surface area contributed by atoms with Crippen molar-refractivity contribution < 1.29 is 48.5 Å². The number of aliphatic hydroxyl groups is 2. The largest absolute Gasteiger partial charge is 0.466 e. The minimum Gasteiger partial charge on any atom is -0.466 e. The van der Waals surface area contributed by atoms with Gasteiger partial charge in [-0.3, -0.25) is 24.0 Å². The second kappa shape index (κ2) is 6.77. The van der Waals surface area contributed by atoms with Gasteiger partial charge in [-0.25, -0.2) is 4.79 Å². The fourth-order valence-corrected chi connectivity index (χ4v) is 7.87. The van der Waals surface area contributed by atoms with Gasteiger partial charge in [-0.1, -0.05) is 19.1 Å². The summed E-state index contributed by atoms with van der Waals surface area (Å²) in [6.45, 7) is 11.7. The van der Waals surface area contributed by atoms with Gasteiger partial charge in [0, 0.05) is 11.8 Å². The van der Waals surface area contributed by atoms with Crippen LogP contribution in [0.1, 0.15) is 60.8 Å². The second-order valence-corrected chi connectivity index (χ2v) is 12.0. The number of methoxy groups -OCH3 is 1. The minimum absolute atomic E-state index is 0.0321. The molecule has 3 saturated carbocycles. The zero-order chi connectivity index (χ0) is 27.7. The highest BCUT2D eigenvalue weighted by Gasteiger charge is 2.87. The SMILES string of the molecule is C=C1C[C@@]2(O)[C@]3(C)CCC(=O)C(C)(C)[C@@]3(O)C(=O)C(=O)[C@]2(C)[C@H]2C(=O)O[C@](C)(C(=O)OC)C(=O)[C@]12C. The molecule has 196 valence electrons. The number of carbonyl (C=O) groups is 6.